The second kappa shape index (κ2) is 11.3. The van der Waals surface area contributed by atoms with Gasteiger partial charge in [-0.3, -0.25) is 9.98 Å². The van der Waals surface area contributed by atoms with Crippen LogP contribution < -0.4 is 10.7 Å². The molecule has 40 heavy (non-hydrogen) atoms. The lowest BCUT2D eigenvalue weighted by molar-refractivity contribution is 0.00393. The van der Waals surface area contributed by atoms with E-state index in [-0.39, 0.29) is 5.41 Å². The average molecular weight is 545 g/mol. The van der Waals surface area contributed by atoms with E-state index in [2.05, 4.69) is 74.9 Å². The fourth-order valence-corrected chi connectivity index (χ4v) is 7.07. The smallest absolute Gasteiger partial charge is 0.135 e. The summed E-state index contributed by atoms with van der Waals surface area (Å²) in [6.45, 7) is 20.6. The molecule has 5 rings (SSSR count). The van der Waals surface area contributed by atoms with Gasteiger partial charge in [0.2, 0.25) is 0 Å². The number of halogens is 1. The standard InChI is InChI=1S/C35H49FN4/c1-8-15-34(7,36)35(10-3)16-18-39(23-35)26(6)30-19-28(9-2)24(4)31(20-30)38-25(5)32-21-29-12-11-17-37-33(29)40(32)22-27-13-14-27/h12,19-21,27H,6,8-11,13-18,22-23H2,1-5,7H3/b38-25+. The first-order chi connectivity index (χ1) is 19.1. The van der Waals surface area contributed by atoms with E-state index < -0.39 is 5.67 Å². The van der Waals surface area contributed by atoms with Gasteiger partial charge in [-0.2, -0.15) is 0 Å². The number of hydrogen-bond acceptors (Lipinski definition) is 3. The number of aryl methyl sites for hydroxylation is 1. The molecule has 216 valence electrons. The van der Waals surface area contributed by atoms with E-state index in [1.807, 2.05) is 6.92 Å². The largest absolute Gasteiger partial charge is 0.371 e. The van der Waals surface area contributed by atoms with Crippen molar-refractivity contribution in [2.24, 2.45) is 21.3 Å². The normalized spacial score (nSPS) is 22.5. The van der Waals surface area contributed by atoms with Crippen LogP contribution >= 0.6 is 0 Å². The summed E-state index contributed by atoms with van der Waals surface area (Å²) in [6, 6.07) is 6.77. The van der Waals surface area contributed by atoms with Crippen molar-refractivity contribution in [1.29, 1.82) is 0 Å². The molecule has 3 heterocycles. The highest BCUT2D eigenvalue weighted by molar-refractivity contribution is 5.99. The van der Waals surface area contributed by atoms with Crippen LogP contribution in [0.5, 0.6) is 0 Å². The molecule has 5 heteroatoms. The quantitative estimate of drug-likeness (QED) is 0.273. The Labute approximate surface area is 240 Å². The maximum absolute atomic E-state index is 15.9. The van der Waals surface area contributed by atoms with Gasteiger partial charge >= 0.3 is 0 Å². The van der Waals surface area contributed by atoms with Crippen LogP contribution in [0.3, 0.4) is 0 Å². The summed E-state index contributed by atoms with van der Waals surface area (Å²) in [5, 5.41) is 1.25. The maximum atomic E-state index is 15.9. The van der Waals surface area contributed by atoms with Gasteiger partial charge in [-0.1, -0.05) is 39.8 Å². The van der Waals surface area contributed by atoms with Crippen LogP contribution in [0.4, 0.5) is 10.1 Å². The van der Waals surface area contributed by atoms with Gasteiger partial charge in [0, 0.05) is 42.5 Å². The van der Waals surface area contributed by atoms with Crippen LogP contribution in [-0.2, 0) is 13.0 Å². The van der Waals surface area contributed by atoms with Crippen LogP contribution in [0, 0.1) is 18.3 Å². The summed E-state index contributed by atoms with van der Waals surface area (Å²) in [4.78, 5) is 12.5. The number of nitrogens with zero attached hydrogens (tertiary/aromatic N) is 4. The minimum absolute atomic E-state index is 0.323. The van der Waals surface area contributed by atoms with E-state index in [1.54, 1.807) is 0 Å². The molecule has 0 radical (unpaired) electrons. The van der Waals surface area contributed by atoms with Crippen LogP contribution in [0.2, 0.25) is 0 Å². The third-order valence-corrected chi connectivity index (χ3v) is 10.1. The predicted molar refractivity (Wildman–Crippen MR) is 167 cm³/mol. The van der Waals surface area contributed by atoms with Crippen molar-refractivity contribution < 1.29 is 4.39 Å². The van der Waals surface area contributed by atoms with Crippen LogP contribution in [-0.4, -0.2) is 40.5 Å². The van der Waals surface area contributed by atoms with Crippen molar-refractivity contribution in [3.8, 4) is 0 Å². The monoisotopic (exact) mass is 544 g/mol. The Morgan fingerprint density at radius 3 is 2.67 bits per heavy atom. The number of likely N-dealkylation sites (tertiary alicyclic amines) is 1. The lowest BCUT2D eigenvalue weighted by Gasteiger charge is -2.40. The van der Waals surface area contributed by atoms with Crippen molar-refractivity contribution in [2.75, 3.05) is 19.6 Å². The summed E-state index contributed by atoms with van der Waals surface area (Å²) in [5.74, 6) is 0.763. The average Bonchev–Trinajstić information content (AvgIpc) is 3.52. The Morgan fingerprint density at radius 1 is 1.23 bits per heavy atom. The lowest BCUT2D eigenvalue weighted by atomic mass is 9.69. The van der Waals surface area contributed by atoms with Gasteiger partial charge in [0.15, 0.2) is 0 Å². The lowest BCUT2D eigenvalue weighted by Crippen LogP contribution is -2.44. The molecule has 0 bridgehead atoms. The molecule has 2 fully saturated rings. The Hall–Kier alpha value is -2.69. The topological polar surface area (TPSA) is 32.9 Å². The van der Waals surface area contributed by atoms with E-state index in [9.17, 15) is 0 Å². The minimum Gasteiger partial charge on any atom is -0.371 e. The molecule has 3 aliphatic rings. The molecule has 0 N–H and O–H groups in total. The third kappa shape index (κ3) is 5.33. The van der Waals surface area contributed by atoms with E-state index >= 15 is 4.39 Å². The molecule has 0 spiro atoms. The number of aromatic nitrogens is 1. The Balaban J connectivity index is 1.49. The first-order valence-electron chi connectivity index (χ1n) is 15.7. The van der Waals surface area contributed by atoms with Gasteiger partial charge in [-0.05, 0) is 107 Å². The highest BCUT2D eigenvalue weighted by Gasteiger charge is 2.51. The summed E-state index contributed by atoms with van der Waals surface area (Å²) >= 11 is 0. The molecule has 1 aromatic heterocycles. The van der Waals surface area contributed by atoms with Crippen molar-refractivity contribution >= 4 is 23.2 Å². The molecule has 2 unspecified atom stereocenters. The summed E-state index contributed by atoms with van der Waals surface area (Å²) in [7, 11) is 0. The SMILES string of the molecule is C=C(c1cc(CC)c(C)c(/N=C(\C)c2cc3c(n2CC2CC2)=NCCC=3)c1)N1CCC(CC)(C(C)(F)CCC)C1. The second-order valence-corrected chi connectivity index (χ2v) is 12.8. The first kappa shape index (κ1) is 28.8. The van der Waals surface area contributed by atoms with Crippen molar-refractivity contribution in [1.82, 2.24) is 9.47 Å². The zero-order chi connectivity index (χ0) is 28.7. The number of alkyl halides is 1. The highest BCUT2D eigenvalue weighted by atomic mass is 19.1. The van der Waals surface area contributed by atoms with Crippen LogP contribution in [0.15, 0.2) is 34.8 Å². The van der Waals surface area contributed by atoms with E-state index in [0.29, 0.717) is 6.42 Å². The van der Waals surface area contributed by atoms with Crippen LogP contribution in [0.1, 0.15) is 102 Å². The summed E-state index contributed by atoms with van der Waals surface area (Å²) < 4.78 is 18.4. The number of rotatable bonds is 11. The number of benzene rings is 1. The molecule has 1 saturated carbocycles. The van der Waals surface area contributed by atoms with Gasteiger partial charge in [0.25, 0.3) is 0 Å². The van der Waals surface area contributed by atoms with Crippen molar-refractivity contribution in [3.63, 3.8) is 0 Å². The fourth-order valence-electron chi connectivity index (χ4n) is 7.07. The number of fused-ring (bicyclic) bond motifs is 1. The molecule has 1 aliphatic carbocycles. The third-order valence-electron chi connectivity index (χ3n) is 10.1. The van der Waals surface area contributed by atoms with Gasteiger partial charge in [0.05, 0.1) is 17.1 Å². The van der Waals surface area contributed by atoms with E-state index in [0.717, 1.165) is 92.3 Å². The zero-order valence-corrected chi connectivity index (χ0v) is 25.7. The molecular formula is C35H49FN4. The second-order valence-electron chi connectivity index (χ2n) is 12.8. The molecule has 4 nitrogen and oxygen atoms in total. The molecule has 0 amide bonds. The predicted octanol–water partition coefficient (Wildman–Crippen LogP) is 7.31. The molecule has 2 aliphatic heterocycles. The van der Waals surface area contributed by atoms with Gasteiger partial charge in [0.1, 0.15) is 11.2 Å². The Morgan fingerprint density at radius 2 is 2.00 bits per heavy atom. The zero-order valence-electron chi connectivity index (χ0n) is 25.7. The van der Waals surface area contributed by atoms with E-state index in [4.69, 9.17) is 9.98 Å². The molecule has 2 aromatic rings. The van der Waals surface area contributed by atoms with Crippen molar-refractivity contribution in [2.45, 2.75) is 105 Å². The molecule has 1 aromatic carbocycles. The first-order valence-corrected chi connectivity index (χ1v) is 15.7. The summed E-state index contributed by atoms with van der Waals surface area (Å²) in [5.41, 5.74) is 7.48. The van der Waals surface area contributed by atoms with Gasteiger partial charge in [-0.25, -0.2) is 4.39 Å². The Bertz CT molecular complexity index is 1420. The van der Waals surface area contributed by atoms with E-state index in [1.165, 1.54) is 34.9 Å². The maximum Gasteiger partial charge on any atom is 0.135 e. The van der Waals surface area contributed by atoms with Gasteiger partial charge in [-0.15, -0.1) is 0 Å². The Kier molecular flexibility index (Phi) is 8.14. The van der Waals surface area contributed by atoms with Crippen LogP contribution in [0.25, 0.3) is 11.8 Å². The summed E-state index contributed by atoms with van der Waals surface area (Å²) in [6.07, 6.45) is 10.1. The number of hydrogen-bond donors (Lipinski definition) is 0. The fraction of sp³-hybridized carbons (Fsp3) is 0.600. The van der Waals surface area contributed by atoms with Crippen molar-refractivity contribution in [3.05, 3.63) is 57.9 Å². The molecule has 2 atom stereocenters. The molecule has 1 saturated heterocycles. The number of aliphatic imine (C=N–C) groups is 1. The van der Waals surface area contributed by atoms with Gasteiger partial charge < -0.3 is 9.47 Å². The highest BCUT2D eigenvalue weighted by Crippen LogP contribution is 2.49. The minimum atomic E-state index is -1.17. The molecular weight excluding hydrogens is 495 g/mol.